The van der Waals surface area contributed by atoms with Crippen molar-refractivity contribution in [1.29, 1.82) is 5.41 Å². The topological polar surface area (TPSA) is 172 Å². The second kappa shape index (κ2) is 11.4. The summed E-state index contributed by atoms with van der Waals surface area (Å²) in [6.07, 6.45) is 0.818. The van der Waals surface area contributed by atoms with Crippen LogP contribution in [0.1, 0.15) is 38.7 Å². The van der Waals surface area contributed by atoms with E-state index in [1.165, 1.54) is 6.92 Å². The van der Waals surface area contributed by atoms with E-state index in [1.54, 1.807) is 31.2 Å². The van der Waals surface area contributed by atoms with Crippen LogP contribution in [0.25, 0.3) is 0 Å². The van der Waals surface area contributed by atoms with Gasteiger partial charge in [-0.15, -0.1) is 0 Å². The van der Waals surface area contributed by atoms with E-state index in [2.05, 4.69) is 10.0 Å². The maximum absolute atomic E-state index is 12.0. The quantitative estimate of drug-likeness (QED) is 0.172. The minimum Gasteiger partial charge on any atom is -0.494 e. The number of carbonyl (C=O) groups is 2. The number of hydrogen-bond donors (Lipinski definition) is 5. The number of sulfonamides is 1. The van der Waals surface area contributed by atoms with Crippen molar-refractivity contribution in [3.8, 4) is 5.75 Å². The smallest absolute Gasteiger partial charge is 0.323 e. The van der Waals surface area contributed by atoms with Gasteiger partial charge in [0.2, 0.25) is 15.9 Å². The lowest BCUT2D eigenvalue weighted by atomic mass is 10.2. The number of nitrogens with two attached hydrogens (primary N) is 1. The number of amides is 1. The number of carbonyl (C=O) groups excluding carboxylic acids is 1. The summed E-state index contributed by atoms with van der Waals surface area (Å²) in [7, 11) is -3.79. The molecule has 1 aromatic rings. The third-order valence-electron chi connectivity index (χ3n) is 4.19. The summed E-state index contributed by atoms with van der Waals surface area (Å²) in [5.41, 5.74) is 5.94. The van der Waals surface area contributed by atoms with Crippen LogP contribution in [-0.2, 0) is 19.6 Å². The Labute approximate surface area is 170 Å². The first-order chi connectivity index (χ1) is 13.6. The number of nitrogen functional groups attached to an aromatic ring is 1. The van der Waals surface area contributed by atoms with Crippen LogP contribution >= 0.6 is 0 Å². The van der Waals surface area contributed by atoms with Gasteiger partial charge in [-0.25, -0.2) is 8.42 Å². The molecule has 6 N–H and O–H groups in total. The molecule has 1 aromatic carbocycles. The molecule has 0 aliphatic heterocycles. The molecule has 1 unspecified atom stereocenters. The Balaban J connectivity index is 2.39. The molecule has 0 bridgehead atoms. The van der Waals surface area contributed by atoms with Crippen molar-refractivity contribution in [3.05, 3.63) is 29.8 Å². The third-order valence-corrected chi connectivity index (χ3v) is 6.20. The van der Waals surface area contributed by atoms with E-state index in [9.17, 15) is 23.1 Å². The predicted octanol–water partition coefficient (Wildman–Crippen LogP) is 0.417. The second-order valence-electron chi connectivity index (χ2n) is 6.47. The monoisotopic (exact) mass is 428 g/mol. The highest BCUT2D eigenvalue weighted by Gasteiger charge is 2.27. The van der Waals surface area contributed by atoms with Crippen molar-refractivity contribution in [2.24, 2.45) is 5.73 Å². The lowest BCUT2D eigenvalue weighted by Gasteiger charge is -2.18. The number of carboxylic acid groups (broad SMARTS) is 1. The third kappa shape index (κ3) is 8.48. The molecule has 162 valence electrons. The van der Waals surface area contributed by atoms with Gasteiger partial charge in [-0.05, 0) is 44.0 Å². The summed E-state index contributed by atoms with van der Waals surface area (Å²) >= 11 is 0. The molecule has 0 saturated carbocycles. The fraction of sp³-hybridized carbons (Fsp3) is 0.500. The molecule has 10 nitrogen and oxygen atoms in total. The molecule has 2 atom stereocenters. The lowest BCUT2D eigenvalue weighted by molar-refractivity contribution is -0.138. The van der Waals surface area contributed by atoms with Gasteiger partial charge in [0.05, 0.1) is 11.9 Å². The summed E-state index contributed by atoms with van der Waals surface area (Å²) in [5.74, 6) is -1.25. The minimum absolute atomic E-state index is 0.0423. The SMILES string of the molecule is CCC(C)S(=O)(=O)N[C@@H](CNC(=O)CCCOc1ccc(C(=N)N)cc1)C(=O)O. The van der Waals surface area contributed by atoms with Crippen LogP contribution in [0.2, 0.25) is 0 Å². The average molecular weight is 429 g/mol. The Bertz CT molecular complexity index is 810. The van der Waals surface area contributed by atoms with Crippen molar-refractivity contribution in [2.45, 2.75) is 44.4 Å². The zero-order valence-corrected chi connectivity index (χ0v) is 17.3. The predicted molar refractivity (Wildman–Crippen MR) is 108 cm³/mol. The van der Waals surface area contributed by atoms with Gasteiger partial charge in [0, 0.05) is 18.5 Å². The van der Waals surface area contributed by atoms with Gasteiger partial charge in [-0.1, -0.05) is 6.92 Å². The van der Waals surface area contributed by atoms with Crippen LogP contribution in [0.4, 0.5) is 0 Å². The van der Waals surface area contributed by atoms with Gasteiger partial charge in [0.1, 0.15) is 17.6 Å². The van der Waals surface area contributed by atoms with E-state index in [-0.39, 0.29) is 25.4 Å². The van der Waals surface area contributed by atoms with Crippen LogP contribution in [0, 0.1) is 5.41 Å². The molecule has 0 aliphatic carbocycles. The van der Waals surface area contributed by atoms with E-state index >= 15 is 0 Å². The van der Waals surface area contributed by atoms with Crippen molar-refractivity contribution in [1.82, 2.24) is 10.0 Å². The number of aliphatic carboxylic acids is 1. The zero-order valence-electron chi connectivity index (χ0n) is 16.5. The van der Waals surface area contributed by atoms with E-state index in [0.29, 0.717) is 24.2 Å². The molecule has 0 saturated heterocycles. The van der Waals surface area contributed by atoms with Crippen molar-refractivity contribution < 1.29 is 27.9 Å². The standard InChI is InChI=1S/C18H28N4O6S/c1-3-12(2)29(26,27)22-15(18(24)25)11-21-16(23)5-4-10-28-14-8-6-13(7-9-14)17(19)20/h6-9,12,15,22H,3-5,10-11H2,1-2H3,(H3,19,20)(H,21,23)(H,24,25)/t12?,15-/m0/s1. The van der Waals surface area contributed by atoms with Crippen molar-refractivity contribution in [3.63, 3.8) is 0 Å². The first kappa shape index (κ1) is 24.4. The number of benzene rings is 1. The highest BCUT2D eigenvalue weighted by Crippen LogP contribution is 2.12. The normalized spacial score (nSPS) is 13.3. The van der Waals surface area contributed by atoms with E-state index < -0.39 is 33.2 Å². The summed E-state index contributed by atoms with van der Waals surface area (Å²) in [6, 6.07) is 5.19. The molecule has 11 heteroatoms. The Kier molecular flexibility index (Phi) is 9.56. The van der Waals surface area contributed by atoms with Gasteiger partial charge >= 0.3 is 5.97 Å². The highest BCUT2D eigenvalue weighted by molar-refractivity contribution is 7.90. The number of nitrogens with one attached hydrogen (secondary N) is 3. The van der Waals surface area contributed by atoms with E-state index in [1.807, 2.05) is 0 Å². The molecule has 0 spiro atoms. The lowest BCUT2D eigenvalue weighted by Crippen LogP contribution is -2.50. The van der Waals surface area contributed by atoms with Gasteiger partial charge in [0.15, 0.2) is 0 Å². The highest BCUT2D eigenvalue weighted by atomic mass is 32.2. The Morgan fingerprint density at radius 1 is 1.28 bits per heavy atom. The first-order valence-corrected chi connectivity index (χ1v) is 10.7. The number of rotatable bonds is 13. The number of carboxylic acids is 1. The van der Waals surface area contributed by atoms with Gasteiger partial charge in [-0.3, -0.25) is 15.0 Å². The number of ether oxygens (including phenoxy) is 1. The van der Waals surface area contributed by atoms with Crippen molar-refractivity contribution >= 4 is 27.7 Å². The molecule has 0 heterocycles. The second-order valence-corrected chi connectivity index (χ2v) is 8.60. The molecule has 1 rings (SSSR count). The molecular weight excluding hydrogens is 400 g/mol. The van der Waals surface area contributed by atoms with Gasteiger partial charge in [-0.2, -0.15) is 4.72 Å². The van der Waals surface area contributed by atoms with Crippen LogP contribution < -0.4 is 20.5 Å². The summed E-state index contributed by atoms with van der Waals surface area (Å²) in [4.78, 5) is 23.1. The van der Waals surface area contributed by atoms with Crippen molar-refractivity contribution in [2.75, 3.05) is 13.2 Å². The fourth-order valence-electron chi connectivity index (χ4n) is 2.17. The molecule has 29 heavy (non-hydrogen) atoms. The number of amidine groups is 1. The fourth-order valence-corrected chi connectivity index (χ4v) is 3.42. The molecule has 0 aromatic heterocycles. The molecule has 0 aliphatic rings. The maximum atomic E-state index is 12.0. The summed E-state index contributed by atoms with van der Waals surface area (Å²) < 4.78 is 31.6. The summed E-state index contributed by atoms with van der Waals surface area (Å²) in [5, 5.41) is 18.2. The Hall–Kier alpha value is -2.66. The van der Waals surface area contributed by atoms with Crippen LogP contribution in [0.3, 0.4) is 0 Å². The van der Waals surface area contributed by atoms with Crippen LogP contribution in [0.5, 0.6) is 5.75 Å². The van der Waals surface area contributed by atoms with E-state index in [0.717, 1.165) is 0 Å². The molecule has 0 radical (unpaired) electrons. The molecule has 1 amide bonds. The first-order valence-electron chi connectivity index (χ1n) is 9.14. The van der Waals surface area contributed by atoms with Gasteiger partial charge in [0.25, 0.3) is 0 Å². The number of hydrogen-bond acceptors (Lipinski definition) is 6. The van der Waals surface area contributed by atoms with Gasteiger partial charge < -0.3 is 20.9 Å². The largest absolute Gasteiger partial charge is 0.494 e. The average Bonchev–Trinajstić information content (AvgIpc) is 2.67. The molecular formula is C18H28N4O6S. The maximum Gasteiger partial charge on any atom is 0.323 e. The van der Waals surface area contributed by atoms with Crippen LogP contribution in [-0.4, -0.2) is 55.7 Å². The molecule has 0 fully saturated rings. The van der Waals surface area contributed by atoms with E-state index in [4.69, 9.17) is 15.9 Å². The summed E-state index contributed by atoms with van der Waals surface area (Å²) in [6.45, 7) is 3.07. The zero-order chi connectivity index (χ0) is 22.0. The Morgan fingerprint density at radius 2 is 1.90 bits per heavy atom. The minimum atomic E-state index is -3.79. The van der Waals surface area contributed by atoms with Crippen LogP contribution in [0.15, 0.2) is 24.3 Å². The Morgan fingerprint density at radius 3 is 2.41 bits per heavy atom.